The van der Waals surface area contributed by atoms with E-state index in [1.807, 2.05) is 0 Å². The van der Waals surface area contributed by atoms with E-state index < -0.39 is 37.7 Å². The summed E-state index contributed by atoms with van der Waals surface area (Å²) in [6.45, 7) is 2.95. The molecule has 0 atom stereocenters. The van der Waals surface area contributed by atoms with Crippen LogP contribution in [0.4, 0.5) is 0 Å². The van der Waals surface area contributed by atoms with Crippen LogP contribution in [-0.2, 0) is 6.54 Å². The van der Waals surface area contributed by atoms with Crippen LogP contribution < -0.4 is 0 Å². The lowest BCUT2D eigenvalue weighted by molar-refractivity contribution is 0.427. The van der Waals surface area contributed by atoms with Crippen LogP contribution >= 0.6 is 37.7 Å². The Morgan fingerprint density at radius 3 is 0.959 bits per heavy atom. The first-order valence-corrected chi connectivity index (χ1v) is 24.7. The first-order chi connectivity index (χ1) is 22.3. The molecule has 0 fully saturated rings. The summed E-state index contributed by atoms with van der Waals surface area (Å²) in [4.78, 5) is 0. The molecule has 0 spiro atoms. The number of hydrogen-bond donors (Lipinski definition) is 0. The fraction of sp³-hybridized carbons (Fsp3) is 0.793. The average Bonchev–Trinajstić information content (AvgIpc) is 2.96. The van der Waals surface area contributed by atoms with Gasteiger partial charge in [0.1, 0.15) is 7.36 Å². The molecule has 0 heterocycles. The molecule has 0 aromatic heterocycles. The Balaban J connectivity index is 5.26. The maximum absolute atomic E-state index is 6.22. The molecule has 1 aromatic rings. The van der Waals surface area contributed by atoms with Gasteiger partial charge >= 0.3 is 7.87 Å². The molecular formula is C29H73N15P5+. The summed E-state index contributed by atoms with van der Waals surface area (Å²) in [6.07, 6.45) is 0. The van der Waals surface area contributed by atoms with Crippen LogP contribution in [0.5, 0.6) is 0 Å². The van der Waals surface area contributed by atoms with E-state index in [-0.39, 0.29) is 0 Å². The molecule has 1 rings (SSSR count). The van der Waals surface area contributed by atoms with E-state index in [0.29, 0.717) is 6.54 Å². The smallest absolute Gasteiger partial charge is 0.261 e. The van der Waals surface area contributed by atoms with Crippen LogP contribution in [0, 0.1) is 0 Å². The molecule has 0 saturated carbocycles. The monoisotopic (exact) mass is 786 g/mol. The van der Waals surface area contributed by atoms with Crippen molar-refractivity contribution in [3.63, 3.8) is 0 Å². The van der Waals surface area contributed by atoms with E-state index in [9.17, 15) is 0 Å². The number of benzene rings is 1. The summed E-state index contributed by atoms with van der Waals surface area (Å²) in [7, 11) is 30.9. The van der Waals surface area contributed by atoms with Gasteiger partial charge in [0.05, 0.1) is 0 Å². The summed E-state index contributed by atoms with van der Waals surface area (Å²) >= 11 is 0. The van der Waals surface area contributed by atoms with Gasteiger partial charge in [-0.2, -0.15) is 0 Å². The zero-order valence-corrected chi connectivity index (χ0v) is 39.5. The van der Waals surface area contributed by atoms with Gasteiger partial charge in [0.25, 0.3) is 0 Å². The highest BCUT2D eigenvalue weighted by Gasteiger charge is 2.56. The number of hydrogen-bond acceptors (Lipinski definition) is 4. The highest BCUT2D eigenvalue weighted by Crippen LogP contribution is 2.86. The topological polar surface area (TPSA) is 85.1 Å². The predicted molar refractivity (Wildman–Crippen MR) is 225 cm³/mol. The second-order valence-corrected chi connectivity index (χ2v) is 31.7. The van der Waals surface area contributed by atoms with Crippen molar-refractivity contribution in [2.75, 3.05) is 155 Å². The van der Waals surface area contributed by atoms with Gasteiger partial charge in [-0.15, -0.1) is 0 Å². The van der Waals surface area contributed by atoms with Gasteiger partial charge < -0.3 is 0 Å². The van der Waals surface area contributed by atoms with E-state index in [1.165, 1.54) is 5.56 Å². The molecule has 0 N–H and O–H groups in total. The van der Waals surface area contributed by atoms with Crippen LogP contribution in [0.3, 0.4) is 0 Å². The molecule has 1 aromatic carbocycles. The molecule has 0 amide bonds. The van der Waals surface area contributed by atoms with Gasteiger partial charge in [0.2, 0.25) is 22.5 Å². The number of rotatable bonds is 17. The molecule has 0 aliphatic heterocycles. The predicted octanol–water partition coefficient (Wildman–Crippen LogP) is 6.91. The largest absolute Gasteiger partial charge is 0.501 e. The van der Waals surface area contributed by atoms with Crippen molar-refractivity contribution in [1.29, 1.82) is 0 Å². The van der Waals surface area contributed by atoms with Crippen LogP contribution in [-0.4, -0.2) is 206 Å². The van der Waals surface area contributed by atoms with E-state index in [1.54, 1.807) is 0 Å². The van der Waals surface area contributed by atoms with E-state index in [2.05, 4.69) is 236 Å². The van der Waals surface area contributed by atoms with Crippen molar-refractivity contribution in [1.82, 2.24) is 51.4 Å². The molecule has 0 aliphatic rings. The molecule has 15 nitrogen and oxygen atoms in total. The lowest BCUT2D eigenvalue weighted by Gasteiger charge is -2.44. The minimum absolute atomic E-state index is 0.701. The van der Waals surface area contributed by atoms with Crippen molar-refractivity contribution >= 4 is 37.7 Å². The summed E-state index contributed by atoms with van der Waals surface area (Å²) in [5.41, 5.74) is 1.22. The Morgan fingerprint density at radius 2 is 0.694 bits per heavy atom. The van der Waals surface area contributed by atoms with E-state index in [0.717, 1.165) is 0 Å². The van der Waals surface area contributed by atoms with Crippen molar-refractivity contribution in [2.45, 2.75) is 6.54 Å². The van der Waals surface area contributed by atoms with E-state index in [4.69, 9.17) is 18.1 Å². The molecule has 0 bridgehead atoms. The Labute approximate surface area is 303 Å². The lowest BCUT2D eigenvalue weighted by atomic mass is 10.2. The highest BCUT2D eigenvalue weighted by molar-refractivity contribution is 7.88. The van der Waals surface area contributed by atoms with Crippen LogP contribution in [0.1, 0.15) is 5.56 Å². The van der Waals surface area contributed by atoms with Crippen molar-refractivity contribution in [2.24, 2.45) is 18.1 Å². The summed E-state index contributed by atoms with van der Waals surface area (Å²) in [6, 6.07) is 10.6. The van der Waals surface area contributed by atoms with Crippen LogP contribution in [0.15, 0.2) is 48.4 Å². The second kappa shape index (κ2) is 18.4. The maximum Gasteiger partial charge on any atom is 0.501 e. The van der Waals surface area contributed by atoms with Gasteiger partial charge in [0, 0.05) is 13.2 Å². The van der Waals surface area contributed by atoms with Gasteiger partial charge in [0.15, 0.2) is 0 Å². The maximum atomic E-state index is 6.22. The van der Waals surface area contributed by atoms with Crippen LogP contribution in [0.2, 0.25) is 0 Å². The Bertz CT molecular complexity index is 1290. The Hall–Kier alpha value is 0.130. The summed E-state index contributed by atoms with van der Waals surface area (Å²) in [5.74, 6) is 0. The van der Waals surface area contributed by atoms with E-state index >= 15 is 0 Å². The highest BCUT2D eigenvalue weighted by atomic mass is 31.3. The molecule has 0 saturated heterocycles. The first kappa shape index (κ1) is 47.2. The minimum Gasteiger partial charge on any atom is -0.261 e. The summed E-state index contributed by atoms with van der Waals surface area (Å²) < 4.78 is 49.5. The van der Waals surface area contributed by atoms with Crippen LogP contribution in [0.25, 0.3) is 0 Å². The third-order valence-electron chi connectivity index (χ3n) is 8.53. The molecule has 288 valence electrons. The average molecular weight is 787 g/mol. The molecule has 20 heteroatoms. The minimum atomic E-state index is -3.44. The normalized spacial score (nSPS) is 14.4. The fourth-order valence-electron chi connectivity index (χ4n) is 6.10. The quantitative estimate of drug-likeness (QED) is 0.155. The van der Waals surface area contributed by atoms with Crippen molar-refractivity contribution in [3.8, 4) is 0 Å². The Morgan fingerprint density at radius 1 is 0.408 bits per heavy atom. The second-order valence-electron chi connectivity index (χ2n) is 14.1. The molecule has 0 radical (unpaired) electrons. The van der Waals surface area contributed by atoms with Gasteiger partial charge in [-0.05, 0) is 172 Å². The summed E-state index contributed by atoms with van der Waals surface area (Å²) in [5, 5.41) is 0. The van der Waals surface area contributed by atoms with Crippen molar-refractivity contribution in [3.05, 3.63) is 35.9 Å². The third-order valence-corrected chi connectivity index (χ3v) is 29.3. The molecule has 0 unspecified atom stereocenters. The molecular weight excluding hydrogens is 713 g/mol. The lowest BCUT2D eigenvalue weighted by Crippen LogP contribution is -2.33. The first-order valence-electron chi connectivity index (χ1n) is 16.2. The zero-order valence-electron chi connectivity index (χ0n) is 35.0. The molecule has 49 heavy (non-hydrogen) atoms. The van der Waals surface area contributed by atoms with Gasteiger partial charge in [-0.3, -0.25) is 9.34 Å². The standard InChI is InChI=1S/C29H73N15P5/c1-34(2)45(22,35(3)4)30-46(31-47(36(5)6,37(7)8)38(9)10,32-48(39(11)12,40(13)14)41(15)16)33-49(42(17)18,43(19)20)44(21)28-29-26-24-23-25-27-29/h23-27H,28H2,1-22H3/q+1. The zero-order chi connectivity index (χ0) is 38.5. The number of nitrogens with zero attached hydrogens (tertiary/aromatic N) is 15. The fourth-order valence-corrected chi connectivity index (χ4v) is 28.8. The van der Waals surface area contributed by atoms with Crippen molar-refractivity contribution < 1.29 is 0 Å². The van der Waals surface area contributed by atoms with Gasteiger partial charge in [-0.25, -0.2) is 42.0 Å². The van der Waals surface area contributed by atoms with Gasteiger partial charge in [-0.1, -0.05) is 30.3 Å². The Kier molecular flexibility index (Phi) is 17.7. The molecule has 0 aliphatic carbocycles. The SMILES string of the molecule is CN(C)P(C)(=N[P+](N=P(N(C)C)(N(C)C)N(C)C)(N=P(N(C)C)(N(C)C)N(C)C)N=P(N(C)C)(N(C)C)N(C)Cc1ccccc1)N(C)C. The third kappa shape index (κ3) is 9.82.